The van der Waals surface area contributed by atoms with Crippen LogP contribution < -0.4 is 5.32 Å². The molecular weight excluding hydrogens is 256 g/mol. The fourth-order valence-corrected chi connectivity index (χ4v) is 3.73. The van der Waals surface area contributed by atoms with Crippen LogP contribution in [0, 0.1) is 11.3 Å². The molecule has 0 spiro atoms. The van der Waals surface area contributed by atoms with E-state index in [1.54, 1.807) is 0 Å². The Morgan fingerprint density at radius 2 is 1.86 bits per heavy atom. The SMILES string of the molecule is CCCCC(CC)CN1CC(CCC)NCC1C(C)(C)C. The van der Waals surface area contributed by atoms with Gasteiger partial charge in [-0.15, -0.1) is 0 Å². The van der Waals surface area contributed by atoms with Gasteiger partial charge in [-0.25, -0.2) is 0 Å². The molecule has 0 aromatic carbocycles. The van der Waals surface area contributed by atoms with Crippen molar-refractivity contribution in [2.24, 2.45) is 11.3 Å². The first kappa shape index (κ1) is 19.0. The van der Waals surface area contributed by atoms with E-state index in [1.807, 2.05) is 0 Å². The molecule has 1 rings (SSSR count). The van der Waals surface area contributed by atoms with Gasteiger partial charge in [0, 0.05) is 31.7 Å². The standard InChI is InChI=1S/C19H40N2/c1-7-10-12-16(9-3)14-21-15-17(11-8-2)20-13-18(21)19(4,5)6/h16-18,20H,7-15H2,1-6H3. The lowest BCUT2D eigenvalue weighted by Crippen LogP contribution is -2.61. The third-order valence-electron chi connectivity index (χ3n) is 5.17. The van der Waals surface area contributed by atoms with Gasteiger partial charge in [0.1, 0.15) is 0 Å². The van der Waals surface area contributed by atoms with Crippen LogP contribution in [0.15, 0.2) is 0 Å². The number of hydrogen-bond acceptors (Lipinski definition) is 2. The van der Waals surface area contributed by atoms with Gasteiger partial charge in [0.25, 0.3) is 0 Å². The lowest BCUT2D eigenvalue weighted by molar-refractivity contribution is 0.0391. The highest BCUT2D eigenvalue weighted by molar-refractivity contribution is 4.93. The molecule has 0 amide bonds. The van der Waals surface area contributed by atoms with Gasteiger partial charge in [-0.05, 0) is 24.2 Å². The third kappa shape index (κ3) is 6.28. The number of nitrogens with zero attached hydrogens (tertiary/aromatic N) is 1. The molecule has 1 fully saturated rings. The molecule has 0 aliphatic carbocycles. The van der Waals surface area contributed by atoms with Gasteiger partial charge >= 0.3 is 0 Å². The highest BCUT2D eigenvalue weighted by Gasteiger charge is 2.35. The molecule has 0 bridgehead atoms. The molecular formula is C19H40N2. The Kier molecular flexibility index (Phi) is 8.26. The number of piperazine rings is 1. The smallest absolute Gasteiger partial charge is 0.0269 e. The second-order valence-electron chi connectivity index (χ2n) is 8.15. The van der Waals surface area contributed by atoms with Crippen molar-refractivity contribution in [3.8, 4) is 0 Å². The number of nitrogens with one attached hydrogen (secondary N) is 1. The normalized spacial score (nSPS) is 26.0. The summed E-state index contributed by atoms with van der Waals surface area (Å²) >= 11 is 0. The van der Waals surface area contributed by atoms with Crippen LogP contribution in [0.3, 0.4) is 0 Å². The zero-order chi connectivity index (χ0) is 15.9. The molecule has 0 aromatic heterocycles. The maximum atomic E-state index is 3.80. The van der Waals surface area contributed by atoms with Crippen LogP contribution in [0.2, 0.25) is 0 Å². The minimum atomic E-state index is 0.368. The van der Waals surface area contributed by atoms with Crippen LogP contribution >= 0.6 is 0 Å². The van der Waals surface area contributed by atoms with E-state index < -0.39 is 0 Å². The molecule has 1 N–H and O–H groups in total. The molecule has 0 radical (unpaired) electrons. The summed E-state index contributed by atoms with van der Waals surface area (Å²) in [6.45, 7) is 17.9. The average Bonchev–Trinajstić information content (AvgIpc) is 2.42. The van der Waals surface area contributed by atoms with Crippen LogP contribution in [-0.2, 0) is 0 Å². The van der Waals surface area contributed by atoms with Crippen molar-refractivity contribution in [2.75, 3.05) is 19.6 Å². The minimum absolute atomic E-state index is 0.368. The second kappa shape index (κ2) is 9.15. The van der Waals surface area contributed by atoms with E-state index in [0.29, 0.717) is 17.5 Å². The zero-order valence-corrected chi connectivity index (χ0v) is 15.5. The Morgan fingerprint density at radius 3 is 2.38 bits per heavy atom. The molecule has 2 nitrogen and oxygen atoms in total. The van der Waals surface area contributed by atoms with Gasteiger partial charge in [0.2, 0.25) is 0 Å². The maximum absolute atomic E-state index is 3.80. The molecule has 21 heavy (non-hydrogen) atoms. The summed E-state index contributed by atoms with van der Waals surface area (Å²) in [5, 5.41) is 3.80. The maximum Gasteiger partial charge on any atom is 0.0269 e. The van der Waals surface area contributed by atoms with Crippen LogP contribution in [0.25, 0.3) is 0 Å². The van der Waals surface area contributed by atoms with E-state index in [-0.39, 0.29) is 0 Å². The van der Waals surface area contributed by atoms with Crippen molar-refractivity contribution < 1.29 is 0 Å². The number of unbranched alkanes of at least 4 members (excludes halogenated alkanes) is 1. The summed E-state index contributed by atoms with van der Waals surface area (Å²) in [5.74, 6) is 0.884. The van der Waals surface area contributed by atoms with E-state index in [9.17, 15) is 0 Å². The highest BCUT2D eigenvalue weighted by atomic mass is 15.2. The van der Waals surface area contributed by atoms with Gasteiger partial charge < -0.3 is 5.32 Å². The predicted octanol–water partition coefficient (Wildman–Crippen LogP) is 4.69. The molecule has 0 saturated carbocycles. The van der Waals surface area contributed by atoms with Crippen molar-refractivity contribution in [3.63, 3.8) is 0 Å². The van der Waals surface area contributed by atoms with Gasteiger partial charge in [-0.2, -0.15) is 0 Å². The molecule has 126 valence electrons. The van der Waals surface area contributed by atoms with Crippen LogP contribution in [-0.4, -0.2) is 36.6 Å². The lowest BCUT2D eigenvalue weighted by atomic mass is 9.82. The molecule has 1 saturated heterocycles. The Balaban J connectivity index is 2.68. The Morgan fingerprint density at radius 1 is 1.14 bits per heavy atom. The summed E-state index contributed by atoms with van der Waals surface area (Å²) < 4.78 is 0. The van der Waals surface area contributed by atoms with Gasteiger partial charge in [0.05, 0.1) is 0 Å². The molecule has 1 aliphatic rings. The van der Waals surface area contributed by atoms with Crippen molar-refractivity contribution in [3.05, 3.63) is 0 Å². The summed E-state index contributed by atoms with van der Waals surface area (Å²) in [6.07, 6.45) is 8.08. The Bertz CT molecular complexity index is 269. The van der Waals surface area contributed by atoms with Crippen molar-refractivity contribution >= 4 is 0 Å². The first-order chi connectivity index (χ1) is 9.92. The first-order valence-electron chi connectivity index (χ1n) is 9.39. The quantitative estimate of drug-likeness (QED) is 0.699. The summed E-state index contributed by atoms with van der Waals surface area (Å²) in [6, 6.07) is 1.39. The van der Waals surface area contributed by atoms with Gasteiger partial charge in [-0.3, -0.25) is 4.90 Å². The number of rotatable bonds is 8. The van der Waals surface area contributed by atoms with E-state index in [0.717, 1.165) is 5.92 Å². The van der Waals surface area contributed by atoms with E-state index in [4.69, 9.17) is 0 Å². The topological polar surface area (TPSA) is 15.3 Å². The van der Waals surface area contributed by atoms with E-state index >= 15 is 0 Å². The van der Waals surface area contributed by atoms with E-state index in [1.165, 1.54) is 58.2 Å². The lowest BCUT2D eigenvalue weighted by Gasteiger charge is -2.47. The molecule has 3 unspecified atom stereocenters. The van der Waals surface area contributed by atoms with Gasteiger partial charge in [-0.1, -0.05) is 67.2 Å². The zero-order valence-electron chi connectivity index (χ0n) is 15.5. The second-order valence-corrected chi connectivity index (χ2v) is 8.15. The summed E-state index contributed by atoms with van der Waals surface area (Å²) in [5.41, 5.74) is 0.368. The Labute approximate surface area is 134 Å². The Hall–Kier alpha value is -0.0800. The third-order valence-corrected chi connectivity index (χ3v) is 5.17. The minimum Gasteiger partial charge on any atom is -0.311 e. The van der Waals surface area contributed by atoms with Crippen LogP contribution in [0.5, 0.6) is 0 Å². The molecule has 1 heterocycles. The monoisotopic (exact) mass is 296 g/mol. The molecule has 2 heteroatoms. The van der Waals surface area contributed by atoms with Crippen molar-refractivity contribution in [1.29, 1.82) is 0 Å². The number of hydrogen-bond donors (Lipinski definition) is 1. The summed E-state index contributed by atoms with van der Waals surface area (Å²) in [7, 11) is 0. The average molecular weight is 297 g/mol. The van der Waals surface area contributed by atoms with E-state index in [2.05, 4.69) is 51.8 Å². The van der Waals surface area contributed by atoms with Crippen LogP contribution in [0.1, 0.15) is 80.1 Å². The molecule has 1 aliphatic heterocycles. The fourth-order valence-electron chi connectivity index (χ4n) is 3.73. The fraction of sp³-hybridized carbons (Fsp3) is 1.00. The first-order valence-corrected chi connectivity index (χ1v) is 9.39. The predicted molar refractivity (Wildman–Crippen MR) is 94.8 cm³/mol. The molecule has 0 aromatic rings. The highest BCUT2D eigenvalue weighted by Crippen LogP contribution is 2.29. The van der Waals surface area contributed by atoms with Crippen LogP contribution in [0.4, 0.5) is 0 Å². The van der Waals surface area contributed by atoms with Gasteiger partial charge in [0.15, 0.2) is 0 Å². The largest absolute Gasteiger partial charge is 0.311 e. The van der Waals surface area contributed by atoms with Crippen molar-refractivity contribution in [2.45, 2.75) is 92.2 Å². The van der Waals surface area contributed by atoms with Crippen molar-refractivity contribution in [1.82, 2.24) is 10.2 Å². The summed E-state index contributed by atoms with van der Waals surface area (Å²) in [4.78, 5) is 2.82. The molecule has 3 atom stereocenters.